The standard InChI is InChI=1S/C30H29F2N7O2S/c31-21-4-3-18(26-25(21)36-28(33)42-26)22-19(16-5-10-40-14-16)11-20-24(23(22)32)37-29(38-27(20)35-17-12-34-13-17)41-15-30-6-1-8-39(30)9-2-7-30/h3-5,10-11,14,17,34H,1-2,6-9,12-13,15H2,(H2,33,36)(H,35,37,38). The number of nitrogens with zero attached hydrogens (tertiary/aromatic N) is 4. The number of nitrogen functional groups attached to an aromatic ring is 1. The third-order valence-electron chi connectivity index (χ3n) is 8.93. The average molecular weight is 590 g/mol. The van der Waals surface area contributed by atoms with E-state index in [9.17, 15) is 4.39 Å². The summed E-state index contributed by atoms with van der Waals surface area (Å²) >= 11 is 1.12. The van der Waals surface area contributed by atoms with E-state index >= 15 is 4.39 Å². The van der Waals surface area contributed by atoms with Crippen LogP contribution in [0.5, 0.6) is 6.01 Å². The molecule has 0 spiro atoms. The van der Waals surface area contributed by atoms with Crippen LogP contribution in [-0.2, 0) is 0 Å². The van der Waals surface area contributed by atoms with E-state index in [0.29, 0.717) is 39.2 Å². The van der Waals surface area contributed by atoms with Gasteiger partial charge in [0.15, 0.2) is 10.9 Å². The molecule has 216 valence electrons. The zero-order valence-electron chi connectivity index (χ0n) is 22.8. The first-order valence-electron chi connectivity index (χ1n) is 14.3. The van der Waals surface area contributed by atoms with Crippen LogP contribution in [0.4, 0.5) is 19.7 Å². The Morgan fingerprint density at radius 2 is 1.93 bits per heavy atom. The minimum Gasteiger partial charge on any atom is -0.472 e. The number of hydrogen-bond acceptors (Lipinski definition) is 10. The van der Waals surface area contributed by atoms with Gasteiger partial charge in [0.25, 0.3) is 0 Å². The van der Waals surface area contributed by atoms with Gasteiger partial charge in [-0.25, -0.2) is 13.8 Å². The SMILES string of the molecule is Nc1nc2c(F)ccc(-c3c(-c4ccoc4)cc4c(NC5CNC5)nc(OCC56CCCN5CCC6)nc4c3F)c2s1. The zero-order valence-corrected chi connectivity index (χ0v) is 23.6. The van der Waals surface area contributed by atoms with Gasteiger partial charge in [0, 0.05) is 35.2 Å². The van der Waals surface area contributed by atoms with Gasteiger partial charge < -0.3 is 25.5 Å². The molecule has 5 aromatic rings. The second kappa shape index (κ2) is 9.85. The molecule has 3 aromatic heterocycles. The Morgan fingerprint density at radius 1 is 1.10 bits per heavy atom. The fraction of sp³-hybridized carbons (Fsp3) is 0.367. The maximum atomic E-state index is 17.0. The van der Waals surface area contributed by atoms with Crippen LogP contribution in [0.3, 0.4) is 0 Å². The van der Waals surface area contributed by atoms with Crippen molar-refractivity contribution < 1.29 is 17.9 Å². The summed E-state index contributed by atoms with van der Waals surface area (Å²) in [6.07, 6.45) is 7.53. The molecule has 3 saturated heterocycles. The summed E-state index contributed by atoms with van der Waals surface area (Å²) in [6.45, 7) is 4.16. The molecule has 0 bridgehead atoms. The normalized spacial score (nSPS) is 18.5. The maximum absolute atomic E-state index is 17.0. The Bertz CT molecular complexity index is 1810. The molecule has 0 aliphatic carbocycles. The first kappa shape index (κ1) is 25.8. The van der Waals surface area contributed by atoms with Crippen molar-refractivity contribution in [2.24, 2.45) is 0 Å². The van der Waals surface area contributed by atoms with Crippen LogP contribution in [0.25, 0.3) is 43.4 Å². The van der Waals surface area contributed by atoms with Gasteiger partial charge in [0.1, 0.15) is 29.3 Å². The number of hydrogen-bond donors (Lipinski definition) is 3. The van der Waals surface area contributed by atoms with Gasteiger partial charge in [-0.15, -0.1) is 0 Å². The highest BCUT2D eigenvalue weighted by molar-refractivity contribution is 7.22. The van der Waals surface area contributed by atoms with Crippen LogP contribution in [0.15, 0.2) is 41.2 Å². The van der Waals surface area contributed by atoms with E-state index in [1.165, 1.54) is 12.3 Å². The van der Waals surface area contributed by atoms with E-state index in [-0.39, 0.29) is 39.3 Å². The molecular weight excluding hydrogens is 560 g/mol. The van der Waals surface area contributed by atoms with Crippen molar-refractivity contribution in [3.63, 3.8) is 0 Å². The monoisotopic (exact) mass is 589 g/mol. The van der Waals surface area contributed by atoms with Crippen molar-refractivity contribution in [2.45, 2.75) is 37.3 Å². The van der Waals surface area contributed by atoms with Gasteiger partial charge in [-0.1, -0.05) is 11.3 Å². The molecule has 4 N–H and O–H groups in total. The van der Waals surface area contributed by atoms with Gasteiger partial charge >= 0.3 is 6.01 Å². The van der Waals surface area contributed by atoms with E-state index in [4.69, 9.17) is 19.9 Å². The first-order valence-corrected chi connectivity index (χ1v) is 15.1. The van der Waals surface area contributed by atoms with Crippen LogP contribution < -0.4 is 21.1 Å². The number of fused-ring (bicyclic) bond motifs is 3. The summed E-state index contributed by atoms with van der Waals surface area (Å²) in [5.74, 6) is -0.569. The number of nitrogens with two attached hydrogens (primary N) is 1. The molecule has 3 aliphatic heterocycles. The highest BCUT2D eigenvalue weighted by Gasteiger charge is 2.45. The number of benzene rings is 2. The average Bonchev–Trinajstić information content (AvgIpc) is 3.75. The largest absolute Gasteiger partial charge is 0.472 e. The number of rotatable bonds is 7. The lowest BCUT2D eigenvalue weighted by molar-refractivity contribution is 0.108. The van der Waals surface area contributed by atoms with E-state index in [1.54, 1.807) is 18.4 Å². The molecule has 8 rings (SSSR count). The molecule has 3 fully saturated rings. The van der Waals surface area contributed by atoms with E-state index in [0.717, 1.165) is 63.2 Å². The van der Waals surface area contributed by atoms with Crippen LogP contribution in [-0.4, -0.2) is 64.2 Å². The number of halogens is 2. The molecule has 9 nitrogen and oxygen atoms in total. The third kappa shape index (κ3) is 4.11. The topological polar surface area (TPSA) is 114 Å². The van der Waals surface area contributed by atoms with Crippen LogP contribution in [0, 0.1) is 11.6 Å². The Labute approximate surface area is 244 Å². The summed E-state index contributed by atoms with van der Waals surface area (Å²) in [7, 11) is 0. The lowest BCUT2D eigenvalue weighted by atomic mass is 9.93. The Morgan fingerprint density at radius 3 is 2.67 bits per heavy atom. The van der Waals surface area contributed by atoms with E-state index in [2.05, 4.69) is 25.5 Å². The predicted molar refractivity (Wildman–Crippen MR) is 159 cm³/mol. The van der Waals surface area contributed by atoms with Crippen molar-refractivity contribution in [1.82, 2.24) is 25.2 Å². The molecular formula is C30H29F2N7O2S. The lowest BCUT2D eigenvalue weighted by Crippen LogP contribution is -2.51. The molecule has 12 heteroatoms. The van der Waals surface area contributed by atoms with E-state index in [1.807, 2.05) is 6.07 Å². The second-order valence-corrected chi connectivity index (χ2v) is 12.4. The van der Waals surface area contributed by atoms with Gasteiger partial charge in [-0.05, 0) is 68.6 Å². The molecule has 0 unspecified atom stereocenters. The smallest absolute Gasteiger partial charge is 0.319 e. The molecule has 0 amide bonds. The molecule has 42 heavy (non-hydrogen) atoms. The van der Waals surface area contributed by atoms with Crippen molar-refractivity contribution in [3.8, 4) is 28.3 Å². The fourth-order valence-electron chi connectivity index (χ4n) is 6.72. The summed E-state index contributed by atoms with van der Waals surface area (Å²) < 4.78 is 43.9. The Balaban J connectivity index is 1.32. The maximum Gasteiger partial charge on any atom is 0.319 e. The van der Waals surface area contributed by atoms with Crippen molar-refractivity contribution in [1.29, 1.82) is 0 Å². The number of anilines is 2. The van der Waals surface area contributed by atoms with Gasteiger partial charge in [-0.3, -0.25) is 4.90 Å². The minimum absolute atomic E-state index is 0.00946. The predicted octanol–water partition coefficient (Wildman–Crippen LogP) is 5.42. The Kier molecular flexibility index (Phi) is 6.06. The van der Waals surface area contributed by atoms with Gasteiger partial charge in [0.2, 0.25) is 0 Å². The van der Waals surface area contributed by atoms with Gasteiger partial charge in [0.05, 0.1) is 28.8 Å². The lowest BCUT2D eigenvalue weighted by Gasteiger charge is -2.31. The van der Waals surface area contributed by atoms with Crippen LogP contribution in [0.2, 0.25) is 0 Å². The van der Waals surface area contributed by atoms with Crippen molar-refractivity contribution in [2.75, 3.05) is 43.8 Å². The van der Waals surface area contributed by atoms with Crippen LogP contribution in [0.1, 0.15) is 25.7 Å². The van der Waals surface area contributed by atoms with Crippen molar-refractivity contribution >= 4 is 43.4 Å². The Hall–Kier alpha value is -3.87. The first-order chi connectivity index (χ1) is 20.5. The van der Waals surface area contributed by atoms with E-state index < -0.39 is 11.6 Å². The molecule has 0 saturated carbocycles. The molecule has 2 aromatic carbocycles. The quantitative estimate of drug-likeness (QED) is 0.229. The molecule has 6 heterocycles. The summed E-state index contributed by atoms with van der Waals surface area (Å²) in [5.41, 5.74) is 8.15. The van der Waals surface area contributed by atoms with Crippen molar-refractivity contribution in [3.05, 3.63) is 48.4 Å². The van der Waals surface area contributed by atoms with Crippen LogP contribution >= 0.6 is 11.3 Å². The third-order valence-corrected chi connectivity index (χ3v) is 9.84. The number of ether oxygens (including phenoxy) is 1. The number of aromatic nitrogens is 3. The number of furan rings is 1. The van der Waals surface area contributed by atoms with Gasteiger partial charge in [-0.2, -0.15) is 9.97 Å². The fourth-order valence-corrected chi connectivity index (χ4v) is 7.59. The minimum atomic E-state index is -0.563. The second-order valence-electron chi connectivity index (χ2n) is 11.4. The summed E-state index contributed by atoms with van der Waals surface area (Å²) in [5, 5.41) is 7.45. The number of thiazole rings is 1. The highest BCUT2D eigenvalue weighted by atomic mass is 32.1. The summed E-state index contributed by atoms with van der Waals surface area (Å²) in [6, 6.07) is 6.77. The molecule has 0 atom stereocenters. The zero-order chi connectivity index (χ0) is 28.4. The number of nitrogens with one attached hydrogen (secondary N) is 2. The molecule has 0 radical (unpaired) electrons. The highest BCUT2D eigenvalue weighted by Crippen LogP contribution is 2.45. The molecule has 3 aliphatic rings. The summed E-state index contributed by atoms with van der Waals surface area (Å²) in [4.78, 5) is 16.1.